The number of rotatable bonds is 8. The van der Waals surface area contributed by atoms with E-state index in [1.165, 1.54) is 44.6 Å². The molecule has 0 spiro atoms. The fourth-order valence-corrected chi connectivity index (χ4v) is 5.71. The minimum atomic E-state index is 0.810. The lowest BCUT2D eigenvalue weighted by Gasteiger charge is -2.29. The van der Waals surface area contributed by atoms with Crippen LogP contribution in [0.2, 0.25) is 0 Å². The molecule has 3 aromatic rings. The number of nitrogens with zero attached hydrogens (tertiary/aromatic N) is 2. The second-order valence-corrected chi connectivity index (χ2v) is 10.5. The predicted octanol–water partition coefficient (Wildman–Crippen LogP) is 7.22. The second kappa shape index (κ2) is 11.5. The number of hydrogen-bond donors (Lipinski definition) is 2. The molecule has 2 N–H and O–H groups in total. The zero-order chi connectivity index (χ0) is 26.6. The molecule has 0 bridgehead atoms. The summed E-state index contributed by atoms with van der Waals surface area (Å²) in [6.07, 6.45) is 4.15. The lowest BCUT2D eigenvalue weighted by Crippen LogP contribution is -2.37. The third-order valence-corrected chi connectivity index (χ3v) is 7.75. The summed E-state index contributed by atoms with van der Waals surface area (Å²) in [6.45, 7) is 18.4. The first-order chi connectivity index (χ1) is 18.5. The van der Waals surface area contributed by atoms with Crippen molar-refractivity contribution in [1.29, 1.82) is 0 Å². The molecule has 198 valence electrons. The fourth-order valence-electron chi connectivity index (χ4n) is 5.71. The summed E-state index contributed by atoms with van der Waals surface area (Å²) < 4.78 is 5.59. The van der Waals surface area contributed by atoms with Gasteiger partial charge in [0.15, 0.2) is 0 Å². The molecule has 0 radical (unpaired) electrons. The zero-order valence-electron chi connectivity index (χ0n) is 23.3. The summed E-state index contributed by atoms with van der Waals surface area (Å²) >= 11 is 0. The summed E-state index contributed by atoms with van der Waals surface area (Å²) in [5.41, 5.74) is 13.5. The van der Waals surface area contributed by atoms with E-state index in [9.17, 15) is 0 Å². The van der Waals surface area contributed by atoms with Crippen LogP contribution in [0.25, 0.3) is 22.2 Å². The van der Waals surface area contributed by atoms with Crippen LogP contribution in [0.4, 0.5) is 5.69 Å². The topological polar surface area (TPSA) is 53.2 Å². The summed E-state index contributed by atoms with van der Waals surface area (Å²) in [6, 6.07) is 15.1. The van der Waals surface area contributed by atoms with E-state index >= 15 is 0 Å². The summed E-state index contributed by atoms with van der Waals surface area (Å²) in [5.74, 6) is 0.951. The van der Waals surface area contributed by atoms with Crippen LogP contribution in [-0.2, 0) is 4.74 Å². The molecule has 5 rings (SSSR count). The third kappa shape index (κ3) is 5.40. The zero-order valence-corrected chi connectivity index (χ0v) is 23.3. The number of aromatic amines is 1. The average Bonchev–Trinajstić information content (AvgIpc) is 3.36. The Balaban J connectivity index is 1.57. The van der Waals surface area contributed by atoms with Gasteiger partial charge in [-0.3, -0.25) is 4.90 Å². The van der Waals surface area contributed by atoms with Gasteiger partial charge in [-0.1, -0.05) is 43.4 Å². The van der Waals surface area contributed by atoms with Gasteiger partial charge < -0.3 is 15.0 Å². The molecule has 1 aromatic heterocycles. The number of benzene rings is 2. The fraction of sp³-hybridized carbons (Fsp3) is 0.364. The first-order valence-electron chi connectivity index (χ1n) is 13.8. The van der Waals surface area contributed by atoms with Crippen molar-refractivity contribution in [3.63, 3.8) is 0 Å². The van der Waals surface area contributed by atoms with Gasteiger partial charge in [-0.25, -0.2) is 4.98 Å². The van der Waals surface area contributed by atoms with E-state index in [4.69, 9.17) is 9.72 Å². The van der Waals surface area contributed by atoms with Crippen LogP contribution in [0, 0.1) is 0 Å². The molecule has 2 aromatic carbocycles. The van der Waals surface area contributed by atoms with Crippen molar-refractivity contribution in [2.75, 3.05) is 44.7 Å². The second-order valence-electron chi connectivity index (χ2n) is 10.5. The van der Waals surface area contributed by atoms with Gasteiger partial charge in [-0.2, -0.15) is 0 Å². The highest BCUT2D eigenvalue weighted by Crippen LogP contribution is 2.39. The number of H-pyrrole nitrogens is 1. The van der Waals surface area contributed by atoms with Gasteiger partial charge in [0, 0.05) is 43.0 Å². The Hall–Kier alpha value is -3.41. The van der Waals surface area contributed by atoms with Crippen molar-refractivity contribution in [3.8, 4) is 0 Å². The average molecular weight is 509 g/mol. The monoisotopic (exact) mass is 508 g/mol. The molecular formula is C33H40N4O. The number of fused-ring (bicyclic) bond motifs is 2. The van der Waals surface area contributed by atoms with Crippen LogP contribution >= 0.6 is 0 Å². The van der Waals surface area contributed by atoms with Gasteiger partial charge in [0.1, 0.15) is 5.82 Å². The molecule has 1 fully saturated rings. The van der Waals surface area contributed by atoms with Crippen molar-refractivity contribution in [3.05, 3.63) is 94.4 Å². The van der Waals surface area contributed by atoms with Crippen LogP contribution in [0.1, 0.15) is 57.5 Å². The maximum atomic E-state index is 5.59. The number of imidazole rings is 1. The Bertz CT molecular complexity index is 1400. The van der Waals surface area contributed by atoms with Gasteiger partial charge in [-0.15, -0.1) is 0 Å². The maximum Gasteiger partial charge on any atom is 0.139 e. The molecule has 0 unspecified atom stereocenters. The molecule has 0 atom stereocenters. The largest absolute Gasteiger partial charge is 0.381 e. The summed E-state index contributed by atoms with van der Waals surface area (Å²) in [5, 5.41) is 3.65. The molecule has 5 heteroatoms. The number of para-hydroxylation sites is 2. The van der Waals surface area contributed by atoms with E-state index < -0.39 is 0 Å². The van der Waals surface area contributed by atoms with Crippen molar-refractivity contribution >= 4 is 27.9 Å². The van der Waals surface area contributed by atoms with Crippen LogP contribution in [0.15, 0.2) is 77.4 Å². The lowest BCUT2D eigenvalue weighted by molar-refractivity contribution is 0.0420. The van der Waals surface area contributed by atoms with Crippen LogP contribution in [0.5, 0.6) is 0 Å². The minimum absolute atomic E-state index is 0.810. The number of ether oxygens (including phenoxy) is 1. The number of anilines is 1. The smallest absolute Gasteiger partial charge is 0.139 e. The van der Waals surface area contributed by atoms with Crippen molar-refractivity contribution < 1.29 is 4.74 Å². The molecule has 5 nitrogen and oxygen atoms in total. The first kappa shape index (κ1) is 26.2. The molecule has 1 saturated heterocycles. The Labute approximate surface area is 227 Å². The van der Waals surface area contributed by atoms with Crippen molar-refractivity contribution in [2.45, 2.75) is 40.5 Å². The first-order valence-corrected chi connectivity index (χ1v) is 13.8. The van der Waals surface area contributed by atoms with Gasteiger partial charge in [0.05, 0.1) is 24.2 Å². The predicted molar refractivity (Wildman–Crippen MR) is 160 cm³/mol. The van der Waals surface area contributed by atoms with Crippen molar-refractivity contribution in [2.24, 2.45) is 0 Å². The Morgan fingerprint density at radius 1 is 1.13 bits per heavy atom. The van der Waals surface area contributed by atoms with E-state index in [0.717, 1.165) is 74.8 Å². The Morgan fingerprint density at radius 3 is 2.63 bits per heavy atom. The third-order valence-electron chi connectivity index (χ3n) is 7.75. The standard InChI is InChI=1S/C33H40N4O/c1-6-24-20-34-29-13-12-25(19-28(29)32(24)33-35-30-10-8-9-11-31(30)36-33)27(7-2)23(5)26(18-22(3)4)21-37-14-16-38-17-15-37/h7-13,19,34H,3,6,14-18,20-21H2,1-2,4-5H3,(H,35,36). The summed E-state index contributed by atoms with van der Waals surface area (Å²) in [7, 11) is 0. The van der Waals surface area contributed by atoms with Gasteiger partial charge >= 0.3 is 0 Å². The Kier molecular flexibility index (Phi) is 7.96. The van der Waals surface area contributed by atoms with Crippen LogP contribution in [0.3, 0.4) is 0 Å². The number of aromatic nitrogens is 2. The maximum absolute atomic E-state index is 5.59. The molecule has 3 heterocycles. The number of hydrogen-bond acceptors (Lipinski definition) is 4. The Morgan fingerprint density at radius 2 is 1.92 bits per heavy atom. The van der Waals surface area contributed by atoms with E-state index in [-0.39, 0.29) is 0 Å². The highest BCUT2D eigenvalue weighted by molar-refractivity contribution is 5.93. The van der Waals surface area contributed by atoms with Gasteiger partial charge in [0.25, 0.3) is 0 Å². The molecule has 0 amide bonds. The van der Waals surface area contributed by atoms with E-state index in [1.54, 1.807) is 0 Å². The normalized spacial score (nSPS) is 17.3. The van der Waals surface area contributed by atoms with E-state index in [0.29, 0.717) is 0 Å². The highest BCUT2D eigenvalue weighted by Gasteiger charge is 2.23. The quantitative estimate of drug-likeness (QED) is 0.249. The molecule has 38 heavy (non-hydrogen) atoms. The molecule has 2 aliphatic rings. The molecule has 0 saturated carbocycles. The van der Waals surface area contributed by atoms with Gasteiger partial charge in [-0.05, 0) is 85.7 Å². The van der Waals surface area contributed by atoms with E-state index in [2.05, 4.69) is 91.9 Å². The van der Waals surface area contributed by atoms with Crippen molar-refractivity contribution in [1.82, 2.24) is 14.9 Å². The lowest BCUT2D eigenvalue weighted by atomic mass is 9.87. The molecular weight excluding hydrogens is 468 g/mol. The summed E-state index contributed by atoms with van der Waals surface area (Å²) in [4.78, 5) is 11.1. The number of morpholine rings is 1. The van der Waals surface area contributed by atoms with Crippen LogP contribution in [-0.4, -0.2) is 54.3 Å². The van der Waals surface area contributed by atoms with Gasteiger partial charge in [0.2, 0.25) is 0 Å². The van der Waals surface area contributed by atoms with Crippen LogP contribution < -0.4 is 5.32 Å². The number of allylic oxidation sites excluding steroid dienone is 4. The van der Waals surface area contributed by atoms with E-state index in [1.807, 2.05) is 6.07 Å². The molecule has 2 aliphatic heterocycles. The SMILES string of the molecule is C=C(C)CC(CN1CCOCC1)=C(C)C(=CC)c1ccc2c(c1)C(c1nc3ccccc3[nH]1)=C(CC)CN2. The minimum Gasteiger partial charge on any atom is -0.381 e. The number of nitrogens with one attached hydrogen (secondary N) is 2. The highest BCUT2D eigenvalue weighted by atomic mass is 16.5. The molecule has 0 aliphatic carbocycles.